The van der Waals surface area contributed by atoms with E-state index in [1.165, 1.54) is 0 Å². The number of likely N-dealkylation sites (N-methyl/N-ethyl adjacent to an activating group) is 1. The monoisotopic (exact) mass is 216 g/mol. The van der Waals surface area contributed by atoms with Gasteiger partial charge < -0.3 is 14.0 Å². The highest BCUT2D eigenvalue weighted by atomic mass is 16.7. The van der Waals surface area contributed by atoms with Gasteiger partial charge in [-0.3, -0.25) is 0 Å². The third-order valence-corrected chi connectivity index (χ3v) is 1.83. The lowest BCUT2D eigenvalue weighted by Crippen LogP contribution is -2.37. The second-order valence-electron chi connectivity index (χ2n) is 4.90. The summed E-state index contributed by atoms with van der Waals surface area (Å²) in [6.07, 6.45) is 2.04. The molecule has 0 N–H and O–H groups in total. The van der Waals surface area contributed by atoms with E-state index in [9.17, 15) is 0 Å². The molecule has 0 aromatic carbocycles. The van der Waals surface area contributed by atoms with E-state index in [-0.39, 0.29) is 6.29 Å². The molecule has 0 heterocycles. The van der Waals surface area contributed by atoms with Gasteiger partial charge in [-0.15, -0.1) is 0 Å². The van der Waals surface area contributed by atoms with Crippen LogP contribution < -0.4 is 0 Å². The Morgan fingerprint density at radius 2 is 1.93 bits per heavy atom. The van der Waals surface area contributed by atoms with Gasteiger partial charge in [-0.05, 0) is 13.3 Å². The molecule has 0 spiro atoms. The SMILES string of the molecule is C=C(C[N+](C)(C)C)OC(C)OCCCC. The van der Waals surface area contributed by atoms with E-state index in [0.717, 1.165) is 36.2 Å². The van der Waals surface area contributed by atoms with Gasteiger partial charge in [-0.1, -0.05) is 19.9 Å². The van der Waals surface area contributed by atoms with Gasteiger partial charge in [0.25, 0.3) is 0 Å². The van der Waals surface area contributed by atoms with Crippen molar-refractivity contribution in [2.45, 2.75) is 33.0 Å². The van der Waals surface area contributed by atoms with Crippen molar-refractivity contribution >= 4 is 0 Å². The van der Waals surface area contributed by atoms with Crippen molar-refractivity contribution in [1.82, 2.24) is 0 Å². The minimum Gasteiger partial charge on any atom is -0.464 e. The Balaban J connectivity index is 3.67. The summed E-state index contributed by atoms with van der Waals surface area (Å²) in [6.45, 7) is 9.51. The fraction of sp³-hybridized carbons (Fsp3) is 0.833. The van der Waals surface area contributed by atoms with E-state index < -0.39 is 0 Å². The molecule has 1 atom stereocenters. The van der Waals surface area contributed by atoms with Crippen LogP contribution in [0.25, 0.3) is 0 Å². The highest BCUT2D eigenvalue weighted by Gasteiger charge is 2.12. The van der Waals surface area contributed by atoms with Crippen molar-refractivity contribution in [2.24, 2.45) is 0 Å². The van der Waals surface area contributed by atoms with Gasteiger partial charge in [-0.25, -0.2) is 0 Å². The molecule has 0 fully saturated rings. The summed E-state index contributed by atoms with van der Waals surface area (Å²) in [5.41, 5.74) is 0. The van der Waals surface area contributed by atoms with Crippen molar-refractivity contribution in [3.63, 3.8) is 0 Å². The molecule has 0 aliphatic rings. The first-order chi connectivity index (χ1) is 6.85. The zero-order chi connectivity index (χ0) is 11.9. The molecule has 0 aliphatic carbocycles. The minimum absolute atomic E-state index is 0.185. The fourth-order valence-corrected chi connectivity index (χ4v) is 1.23. The zero-order valence-electron chi connectivity index (χ0n) is 10.9. The normalized spacial score (nSPS) is 13.7. The van der Waals surface area contributed by atoms with Crippen molar-refractivity contribution in [3.8, 4) is 0 Å². The first-order valence-electron chi connectivity index (χ1n) is 5.61. The lowest BCUT2D eigenvalue weighted by molar-refractivity contribution is -0.866. The molecule has 0 bridgehead atoms. The average Bonchev–Trinajstić information content (AvgIpc) is 2.00. The van der Waals surface area contributed by atoms with E-state index in [2.05, 4.69) is 34.6 Å². The predicted octanol–water partition coefficient (Wildman–Crippen LogP) is 2.39. The molecule has 0 saturated heterocycles. The summed E-state index contributed by atoms with van der Waals surface area (Å²) in [5, 5.41) is 0. The van der Waals surface area contributed by atoms with Gasteiger partial charge in [-0.2, -0.15) is 0 Å². The Kier molecular flexibility index (Phi) is 6.61. The maximum atomic E-state index is 5.54. The van der Waals surface area contributed by atoms with Crippen LogP contribution in [0.3, 0.4) is 0 Å². The van der Waals surface area contributed by atoms with Crippen LogP contribution in [0.2, 0.25) is 0 Å². The van der Waals surface area contributed by atoms with E-state index in [1.807, 2.05) is 6.92 Å². The fourth-order valence-electron chi connectivity index (χ4n) is 1.23. The molecular formula is C12H26NO2+. The lowest BCUT2D eigenvalue weighted by atomic mass is 10.4. The van der Waals surface area contributed by atoms with Crippen molar-refractivity contribution in [3.05, 3.63) is 12.3 Å². The largest absolute Gasteiger partial charge is 0.464 e. The summed E-state index contributed by atoms with van der Waals surface area (Å²) in [7, 11) is 6.32. The Morgan fingerprint density at radius 3 is 2.40 bits per heavy atom. The number of ether oxygens (including phenoxy) is 2. The zero-order valence-corrected chi connectivity index (χ0v) is 10.9. The van der Waals surface area contributed by atoms with Gasteiger partial charge in [0.2, 0.25) is 0 Å². The van der Waals surface area contributed by atoms with Gasteiger partial charge in [0, 0.05) is 0 Å². The molecule has 0 aromatic rings. The standard InChI is InChI=1S/C12H26NO2/c1-7-8-9-14-12(3)15-11(2)10-13(4,5)6/h12H,2,7-10H2,1,3-6H3/q+1. The predicted molar refractivity (Wildman–Crippen MR) is 63.4 cm³/mol. The third-order valence-electron chi connectivity index (χ3n) is 1.83. The average molecular weight is 216 g/mol. The van der Waals surface area contributed by atoms with Crippen LogP contribution in [-0.2, 0) is 9.47 Å². The molecule has 15 heavy (non-hydrogen) atoms. The maximum Gasteiger partial charge on any atom is 0.196 e. The lowest BCUT2D eigenvalue weighted by Gasteiger charge is -2.26. The summed E-state index contributed by atoms with van der Waals surface area (Å²) in [6, 6.07) is 0. The molecule has 0 aromatic heterocycles. The number of hydrogen-bond acceptors (Lipinski definition) is 2. The van der Waals surface area contributed by atoms with Crippen LogP contribution in [0, 0.1) is 0 Å². The van der Waals surface area contributed by atoms with E-state index in [0.29, 0.717) is 0 Å². The molecule has 0 rings (SSSR count). The van der Waals surface area contributed by atoms with Crippen molar-refractivity contribution in [1.29, 1.82) is 0 Å². The molecular weight excluding hydrogens is 190 g/mol. The van der Waals surface area contributed by atoms with Crippen LogP contribution in [0.5, 0.6) is 0 Å². The molecule has 0 aliphatic heterocycles. The van der Waals surface area contributed by atoms with E-state index >= 15 is 0 Å². The molecule has 1 unspecified atom stereocenters. The van der Waals surface area contributed by atoms with Crippen LogP contribution in [0.4, 0.5) is 0 Å². The number of rotatable bonds is 8. The highest BCUT2D eigenvalue weighted by molar-refractivity contribution is 4.81. The Bertz CT molecular complexity index is 185. The van der Waals surface area contributed by atoms with Crippen LogP contribution in [0.1, 0.15) is 26.7 Å². The van der Waals surface area contributed by atoms with Gasteiger partial charge in [0.05, 0.1) is 27.7 Å². The smallest absolute Gasteiger partial charge is 0.196 e. The molecule has 3 heteroatoms. The number of hydrogen-bond donors (Lipinski definition) is 0. The topological polar surface area (TPSA) is 18.5 Å². The van der Waals surface area contributed by atoms with E-state index in [4.69, 9.17) is 9.47 Å². The highest BCUT2D eigenvalue weighted by Crippen LogP contribution is 2.06. The second-order valence-corrected chi connectivity index (χ2v) is 4.90. The third kappa shape index (κ3) is 9.76. The summed E-state index contributed by atoms with van der Waals surface area (Å²) in [5.74, 6) is 0.784. The van der Waals surface area contributed by atoms with Crippen LogP contribution in [-0.4, -0.2) is 45.1 Å². The van der Waals surface area contributed by atoms with Crippen LogP contribution >= 0.6 is 0 Å². The maximum absolute atomic E-state index is 5.54. The van der Waals surface area contributed by atoms with Crippen molar-refractivity contribution < 1.29 is 14.0 Å². The first-order valence-corrected chi connectivity index (χ1v) is 5.61. The van der Waals surface area contributed by atoms with Crippen LogP contribution in [0.15, 0.2) is 12.3 Å². The van der Waals surface area contributed by atoms with Gasteiger partial charge in [0.15, 0.2) is 6.29 Å². The number of nitrogens with zero attached hydrogens (tertiary/aromatic N) is 1. The minimum atomic E-state index is -0.185. The molecule has 90 valence electrons. The Hall–Kier alpha value is -0.540. The van der Waals surface area contributed by atoms with E-state index in [1.54, 1.807) is 0 Å². The summed E-state index contributed by atoms with van der Waals surface area (Å²) in [4.78, 5) is 0. The summed E-state index contributed by atoms with van der Waals surface area (Å²) >= 11 is 0. The summed E-state index contributed by atoms with van der Waals surface area (Å²) < 4.78 is 11.8. The quantitative estimate of drug-likeness (QED) is 0.268. The van der Waals surface area contributed by atoms with Crippen molar-refractivity contribution in [2.75, 3.05) is 34.3 Å². The molecule has 3 nitrogen and oxygen atoms in total. The second kappa shape index (κ2) is 6.85. The molecule has 0 amide bonds. The Labute approximate surface area is 94.3 Å². The van der Waals surface area contributed by atoms with Gasteiger partial charge >= 0.3 is 0 Å². The first kappa shape index (κ1) is 14.5. The van der Waals surface area contributed by atoms with Gasteiger partial charge in [0.1, 0.15) is 12.3 Å². The number of quaternary nitrogens is 1. The Morgan fingerprint density at radius 1 is 1.33 bits per heavy atom. The number of unbranched alkanes of at least 4 members (excludes halogenated alkanes) is 1. The molecule has 0 radical (unpaired) electrons. The molecule has 0 saturated carbocycles.